The average Bonchev–Trinajstić information content (AvgIpc) is 2.84. The second kappa shape index (κ2) is 5.63. The van der Waals surface area contributed by atoms with Gasteiger partial charge in [-0.3, -0.25) is 0 Å². The Balaban J connectivity index is 2.05. The molecule has 2 heterocycles. The van der Waals surface area contributed by atoms with Crippen molar-refractivity contribution in [2.45, 2.75) is 43.3 Å². The zero-order valence-corrected chi connectivity index (χ0v) is 12.4. The summed E-state index contributed by atoms with van der Waals surface area (Å²) in [5.74, 6) is 1.08. The van der Waals surface area contributed by atoms with E-state index >= 15 is 0 Å². The second-order valence-corrected chi connectivity index (χ2v) is 6.22. The molecule has 0 saturated heterocycles. The fraction of sp³-hybridized carbons (Fsp3) is 0.500. The first-order chi connectivity index (χ1) is 9.66. The average molecular weight is 318 g/mol. The maximum absolute atomic E-state index is 12.5. The lowest BCUT2D eigenvalue weighted by Crippen LogP contribution is -2.13. The van der Waals surface area contributed by atoms with Crippen LogP contribution in [0.25, 0.3) is 0 Å². The van der Waals surface area contributed by atoms with Crippen LogP contribution in [0, 0.1) is 0 Å². The Labute approximate surface area is 123 Å². The van der Waals surface area contributed by atoms with E-state index in [1.54, 1.807) is 0 Å². The van der Waals surface area contributed by atoms with Gasteiger partial charge >= 0.3 is 6.18 Å². The molecule has 0 atom stereocenters. The number of thioether (sulfide) groups is 1. The van der Waals surface area contributed by atoms with Gasteiger partial charge in [0.25, 0.3) is 0 Å². The Kier molecular flexibility index (Phi) is 4.22. The minimum atomic E-state index is -4.48. The van der Waals surface area contributed by atoms with Gasteiger partial charge in [0, 0.05) is 11.6 Å². The molecule has 0 spiro atoms. The topological polar surface area (TPSA) is 64.7 Å². The molecular formula is C12H13F3N4OS. The molecule has 0 N–H and O–H groups in total. The highest BCUT2D eigenvalue weighted by Gasteiger charge is 2.32. The molecule has 9 heteroatoms. The fourth-order valence-electron chi connectivity index (χ4n) is 1.31. The number of hydrogen-bond donors (Lipinski definition) is 0. The van der Waals surface area contributed by atoms with Crippen molar-refractivity contribution < 1.29 is 17.7 Å². The van der Waals surface area contributed by atoms with Crippen LogP contribution in [-0.2, 0) is 17.3 Å². The number of nitrogens with zero attached hydrogens (tertiary/aromatic N) is 4. The Morgan fingerprint density at radius 2 is 1.90 bits per heavy atom. The summed E-state index contributed by atoms with van der Waals surface area (Å²) in [4.78, 5) is 11.4. The number of hydrogen-bond acceptors (Lipinski definition) is 6. The molecule has 0 amide bonds. The number of aromatic nitrogens is 4. The van der Waals surface area contributed by atoms with Gasteiger partial charge < -0.3 is 4.52 Å². The lowest BCUT2D eigenvalue weighted by Gasteiger charge is -2.10. The molecule has 5 nitrogen and oxygen atoms in total. The summed E-state index contributed by atoms with van der Waals surface area (Å²) in [5.41, 5.74) is -1.22. The molecule has 0 radical (unpaired) electrons. The molecule has 2 rings (SSSR count). The first kappa shape index (κ1) is 15.7. The largest absolute Gasteiger partial charge is 0.433 e. The molecule has 114 valence electrons. The number of halogens is 3. The van der Waals surface area contributed by atoms with Crippen molar-refractivity contribution in [2.24, 2.45) is 0 Å². The molecule has 0 bridgehead atoms. The highest BCUT2D eigenvalue weighted by molar-refractivity contribution is 7.98. The third-order valence-corrected chi connectivity index (χ3v) is 3.23. The summed E-state index contributed by atoms with van der Waals surface area (Å²) < 4.78 is 42.6. The Morgan fingerprint density at radius 1 is 1.19 bits per heavy atom. The van der Waals surface area contributed by atoms with Crippen LogP contribution in [-0.4, -0.2) is 20.1 Å². The van der Waals surface area contributed by atoms with E-state index in [-0.39, 0.29) is 16.3 Å². The molecular weight excluding hydrogens is 305 g/mol. The van der Waals surface area contributed by atoms with Crippen molar-refractivity contribution in [1.29, 1.82) is 0 Å². The van der Waals surface area contributed by atoms with Crippen molar-refractivity contribution in [3.05, 3.63) is 29.7 Å². The van der Waals surface area contributed by atoms with Gasteiger partial charge in [0.15, 0.2) is 11.0 Å². The van der Waals surface area contributed by atoms with Crippen LogP contribution < -0.4 is 0 Å². The normalized spacial score (nSPS) is 12.7. The fourth-order valence-corrected chi connectivity index (χ4v) is 1.98. The summed E-state index contributed by atoms with van der Waals surface area (Å²) in [5, 5.41) is 3.85. The van der Waals surface area contributed by atoms with Gasteiger partial charge in [-0.05, 0) is 6.07 Å². The summed E-state index contributed by atoms with van der Waals surface area (Å²) >= 11 is 1.01. The van der Waals surface area contributed by atoms with E-state index in [4.69, 9.17) is 4.52 Å². The molecule has 21 heavy (non-hydrogen) atoms. The van der Waals surface area contributed by atoms with E-state index in [0.29, 0.717) is 11.7 Å². The molecule has 0 aromatic carbocycles. The van der Waals surface area contributed by atoms with Crippen LogP contribution in [0.4, 0.5) is 13.2 Å². The number of alkyl halides is 3. The van der Waals surface area contributed by atoms with Gasteiger partial charge in [0.05, 0.1) is 5.75 Å². The lowest BCUT2D eigenvalue weighted by molar-refractivity contribution is -0.141. The Hall–Kier alpha value is -1.64. The van der Waals surface area contributed by atoms with E-state index in [2.05, 4.69) is 20.1 Å². The highest BCUT2D eigenvalue weighted by atomic mass is 32.2. The molecule has 0 saturated carbocycles. The summed E-state index contributed by atoms with van der Waals surface area (Å²) in [6.45, 7) is 5.81. The molecule has 0 aliphatic rings. The third kappa shape index (κ3) is 4.16. The monoisotopic (exact) mass is 318 g/mol. The van der Waals surface area contributed by atoms with E-state index in [9.17, 15) is 13.2 Å². The highest BCUT2D eigenvalue weighted by Crippen LogP contribution is 2.29. The van der Waals surface area contributed by atoms with Crippen LogP contribution in [0.5, 0.6) is 0 Å². The maximum Gasteiger partial charge on any atom is 0.433 e. The predicted octanol–water partition coefficient (Wildman–Crippen LogP) is 3.47. The van der Waals surface area contributed by atoms with Crippen LogP contribution in [0.2, 0.25) is 0 Å². The zero-order chi connectivity index (χ0) is 15.7. The van der Waals surface area contributed by atoms with E-state index in [1.165, 1.54) is 0 Å². The van der Waals surface area contributed by atoms with Crippen LogP contribution in [0.15, 0.2) is 21.9 Å². The minimum Gasteiger partial charge on any atom is -0.338 e. The Morgan fingerprint density at radius 3 is 2.48 bits per heavy atom. The van der Waals surface area contributed by atoms with E-state index in [1.807, 2.05) is 20.8 Å². The molecule has 0 aliphatic carbocycles. The minimum absolute atomic E-state index is 0.0142. The first-order valence-corrected chi connectivity index (χ1v) is 7.01. The number of rotatable bonds is 3. The van der Waals surface area contributed by atoms with Crippen molar-refractivity contribution >= 4 is 11.8 Å². The van der Waals surface area contributed by atoms with E-state index in [0.717, 1.165) is 24.0 Å². The maximum atomic E-state index is 12.5. The van der Waals surface area contributed by atoms with Crippen LogP contribution in [0.1, 0.15) is 38.2 Å². The van der Waals surface area contributed by atoms with Crippen LogP contribution >= 0.6 is 11.8 Å². The van der Waals surface area contributed by atoms with Crippen molar-refractivity contribution in [1.82, 2.24) is 20.1 Å². The van der Waals surface area contributed by atoms with Crippen molar-refractivity contribution in [3.8, 4) is 0 Å². The molecule has 2 aromatic rings. The van der Waals surface area contributed by atoms with E-state index < -0.39 is 11.9 Å². The summed E-state index contributed by atoms with van der Waals surface area (Å²) in [6, 6.07) is 0.828. The van der Waals surface area contributed by atoms with Crippen molar-refractivity contribution in [2.75, 3.05) is 0 Å². The van der Waals surface area contributed by atoms with Gasteiger partial charge in [0.2, 0.25) is 5.89 Å². The molecule has 0 unspecified atom stereocenters. The smallest absolute Gasteiger partial charge is 0.338 e. The molecule has 2 aromatic heterocycles. The third-order valence-electron chi connectivity index (χ3n) is 2.39. The molecule has 0 fully saturated rings. The SMILES string of the molecule is CC(C)(C)c1noc(CSc2nccc(C(F)(F)F)n2)n1. The Bertz CT molecular complexity index is 621. The van der Waals surface area contributed by atoms with Gasteiger partial charge in [-0.25, -0.2) is 9.97 Å². The zero-order valence-electron chi connectivity index (χ0n) is 11.6. The summed E-state index contributed by atoms with van der Waals surface area (Å²) in [6.07, 6.45) is -3.41. The summed E-state index contributed by atoms with van der Waals surface area (Å²) in [7, 11) is 0. The van der Waals surface area contributed by atoms with Crippen LogP contribution in [0.3, 0.4) is 0 Å². The molecule has 0 aliphatic heterocycles. The quantitative estimate of drug-likeness (QED) is 0.638. The van der Waals surface area contributed by atoms with Gasteiger partial charge in [-0.2, -0.15) is 18.2 Å². The van der Waals surface area contributed by atoms with Gasteiger partial charge in [0.1, 0.15) is 5.69 Å². The lowest BCUT2D eigenvalue weighted by atomic mass is 9.96. The predicted molar refractivity (Wildman–Crippen MR) is 69.6 cm³/mol. The first-order valence-electron chi connectivity index (χ1n) is 6.02. The second-order valence-electron chi connectivity index (χ2n) is 5.27. The van der Waals surface area contributed by atoms with Crippen molar-refractivity contribution in [3.63, 3.8) is 0 Å². The standard InChI is InChI=1S/C12H13F3N4OS/c1-11(2,3)9-18-8(20-19-9)6-21-10-16-5-4-7(17-10)12(13,14)15/h4-5H,6H2,1-3H3. The van der Waals surface area contributed by atoms with Gasteiger partial charge in [-0.15, -0.1) is 0 Å². The van der Waals surface area contributed by atoms with Gasteiger partial charge in [-0.1, -0.05) is 37.7 Å².